The average molecular weight is 331 g/mol. The van der Waals surface area contributed by atoms with Gasteiger partial charge in [-0.2, -0.15) is 0 Å². The van der Waals surface area contributed by atoms with E-state index in [1.807, 2.05) is 0 Å². The number of benzene rings is 1. The molecule has 2 rings (SSSR count). The van der Waals surface area contributed by atoms with Crippen molar-refractivity contribution in [1.82, 2.24) is 0 Å². The van der Waals surface area contributed by atoms with E-state index in [1.165, 1.54) is 6.07 Å². The maximum absolute atomic E-state index is 13.4. The minimum absolute atomic E-state index is 0.267. The predicted octanol–water partition coefficient (Wildman–Crippen LogP) is 3.43. The monoisotopic (exact) mass is 330 g/mol. The summed E-state index contributed by atoms with van der Waals surface area (Å²) in [5, 5.41) is 20.8. The Morgan fingerprint density at radius 3 is 2.68 bits per heavy atom. The standard InChI is InChI=1S/C15H20BrFO2/c1-10-5-7-15(19,8-6-10)13(18)9-11-3-2-4-12(17)14(11)16/h2-4,10,13,18-19H,5-9H2,1H3. The van der Waals surface area contributed by atoms with Gasteiger partial charge in [-0.15, -0.1) is 0 Å². The lowest BCUT2D eigenvalue weighted by Gasteiger charge is -2.38. The molecule has 2 N–H and O–H groups in total. The third-order valence-electron chi connectivity index (χ3n) is 4.21. The van der Waals surface area contributed by atoms with E-state index in [0.717, 1.165) is 12.8 Å². The van der Waals surface area contributed by atoms with Gasteiger partial charge in [0.15, 0.2) is 0 Å². The molecule has 0 aromatic heterocycles. The fraction of sp³-hybridized carbons (Fsp3) is 0.600. The molecule has 1 aliphatic rings. The van der Waals surface area contributed by atoms with Crippen LogP contribution in [0.2, 0.25) is 0 Å². The fourth-order valence-electron chi connectivity index (χ4n) is 2.70. The van der Waals surface area contributed by atoms with E-state index < -0.39 is 11.7 Å². The zero-order valence-corrected chi connectivity index (χ0v) is 12.7. The quantitative estimate of drug-likeness (QED) is 0.891. The van der Waals surface area contributed by atoms with Gasteiger partial charge in [0.25, 0.3) is 0 Å². The largest absolute Gasteiger partial charge is 0.390 e. The normalized spacial score (nSPS) is 29.2. The number of hydrogen-bond acceptors (Lipinski definition) is 2. The van der Waals surface area contributed by atoms with Crippen molar-refractivity contribution in [3.05, 3.63) is 34.1 Å². The van der Waals surface area contributed by atoms with Gasteiger partial charge in [-0.1, -0.05) is 19.1 Å². The van der Waals surface area contributed by atoms with Crippen molar-refractivity contribution in [2.24, 2.45) is 5.92 Å². The molecule has 0 spiro atoms. The summed E-state index contributed by atoms with van der Waals surface area (Å²) in [5.74, 6) is 0.266. The highest BCUT2D eigenvalue weighted by atomic mass is 79.9. The molecule has 0 radical (unpaired) electrons. The molecule has 1 saturated carbocycles. The Hall–Kier alpha value is -0.450. The Bertz CT molecular complexity index is 442. The second-order valence-corrected chi connectivity index (χ2v) is 6.51. The van der Waals surface area contributed by atoms with Crippen LogP contribution in [0.4, 0.5) is 4.39 Å². The van der Waals surface area contributed by atoms with E-state index in [0.29, 0.717) is 28.8 Å². The molecule has 1 aliphatic carbocycles. The van der Waals surface area contributed by atoms with E-state index in [2.05, 4.69) is 22.9 Å². The number of hydrogen-bond donors (Lipinski definition) is 2. The Morgan fingerprint density at radius 1 is 1.42 bits per heavy atom. The lowest BCUT2D eigenvalue weighted by molar-refractivity contribution is -0.102. The summed E-state index contributed by atoms with van der Waals surface area (Å²) in [5.41, 5.74) is -0.335. The summed E-state index contributed by atoms with van der Waals surface area (Å²) >= 11 is 3.19. The third-order valence-corrected chi connectivity index (χ3v) is 5.09. The number of halogens is 2. The first-order chi connectivity index (χ1) is 8.92. The van der Waals surface area contributed by atoms with Gasteiger partial charge in [0.1, 0.15) is 5.82 Å². The molecule has 0 saturated heterocycles. The van der Waals surface area contributed by atoms with Crippen LogP contribution in [0.15, 0.2) is 22.7 Å². The summed E-state index contributed by atoms with van der Waals surface area (Å²) in [6.07, 6.45) is 2.50. The predicted molar refractivity (Wildman–Crippen MR) is 76.4 cm³/mol. The maximum atomic E-state index is 13.4. The van der Waals surface area contributed by atoms with Crippen molar-refractivity contribution in [1.29, 1.82) is 0 Å². The molecule has 4 heteroatoms. The number of aliphatic hydroxyl groups is 2. The molecule has 1 aromatic carbocycles. The molecule has 0 amide bonds. The molecule has 0 heterocycles. The van der Waals surface area contributed by atoms with E-state index >= 15 is 0 Å². The van der Waals surface area contributed by atoms with Gasteiger partial charge in [0.05, 0.1) is 16.2 Å². The molecule has 19 heavy (non-hydrogen) atoms. The minimum atomic E-state index is -1.03. The smallest absolute Gasteiger partial charge is 0.137 e. The molecule has 106 valence electrons. The second-order valence-electron chi connectivity index (χ2n) is 5.72. The topological polar surface area (TPSA) is 40.5 Å². The van der Waals surface area contributed by atoms with Crippen molar-refractivity contribution in [2.45, 2.75) is 50.7 Å². The van der Waals surface area contributed by atoms with Crippen LogP contribution < -0.4 is 0 Å². The fourth-order valence-corrected chi connectivity index (χ4v) is 3.13. The third kappa shape index (κ3) is 3.36. The minimum Gasteiger partial charge on any atom is -0.390 e. The van der Waals surface area contributed by atoms with Crippen molar-refractivity contribution >= 4 is 15.9 Å². The van der Waals surface area contributed by atoms with E-state index in [9.17, 15) is 14.6 Å². The Morgan fingerprint density at radius 2 is 2.05 bits per heavy atom. The molecule has 1 fully saturated rings. The van der Waals surface area contributed by atoms with Crippen LogP contribution in [-0.4, -0.2) is 21.9 Å². The van der Waals surface area contributed by atoms with Crippen LogP contribution in [-0.2, 0) is 6.42 Å². The molecule has 0 aliphatic heterocycles. The zero-order chi connectivity index (χ0) is 14.0. The highest BCUT2D eigenvalue weighted by Crippen LogP contribution is 2.36. The Balaban J connectivity index is 2.08. The van der Waals surface area contributed by atoms with Gasteiger partial charge in [0, 0.05) is 6.42 Å². The van der Waals surface area contributed by atoms with Crippen LogP contribution in [0.5, 0.6) is 0 Å². The van der Waals surface area contributed by atoms with Crippen LogP contribution in [0, 0.1) is 11.7 Å². The molecular formula is C15H20BrFO2. The van der Waals surface area contributed by atoms with Crippen molar-refractivity contribution in [2.75, 3.05) is 0 Å². The lowest BCUT2D eigenvalue weighted by atomic mass is 9.75. The average Bonchev–Trinajstić information content (AvgIpc) is 2.38. The van der Waals surface area contributed by atoms with Crippen LogP contribution in [0.3, 0.4) is 0 Å². The SMILES string of the molecule is CC1CCC(O)(C(O)Cc2cccc(F)c2Br)CC1. The van der Waals surface area contributed by atoms with Crippen molar-refractivity contribution in [3.8, 4) is 0 Å². The second kappa shape index (κ2) is 5.90. The molecule has 1 unspecified atom stereocenters. The van der Waals surface area contributed by atoms with Crippen LogP contribution in [0.1, 0.15) is 38.2 Å². The van der Waals surface area contributed by atoms with Crippen molar-refractivity contribution < 1.29 is 14.6 Å². The molecule has 1 aromatic rings. The summed E-state index contributed by atoms with van der Waals surface area (Å²) in [7, 11) is 0. The summed E-state index contributed by atoms with van der Waals surface area (Å²) in [6.45, 7) is 2.16. The summed E-state index contributed by atoms with van der Waals surface area (Å²) < 4.78 is 13.8. The van der Waals surface area contributed by atoms with Gasteiger partial charge in [-0.05, 0) is 59.2 Å². The molecule has 1 atom stereocenters. The zero-order valence-electron chi connectivity index (χ0n) is 11.1. The Kier molecular flexibility index (Phi) is 4.64. The number of rotatable bonds is 3. The first-order valence-electron chi connectivity index (χ1n) is 6.76. The van der Waals surface area contributed by atoms with Gasteiger partial charge in [-0.25, -0.2) is 4.39 Å². The lowest BCUT2D eigenvalue weighted by Crippen LogP contribution is -2.46. The highest BCUT2D eigenvalue weighted by molar-refractivity contribution is 9.10. The van der Waals surface area contributed by atoms with Gasteiger partial charge in [-0.3, -0.25) is 0 Å². The van der Waals surface area contributed by atoms with E-state index in [1.54, 1.807) is 12.1 Å². The van der Waals surface area contributed by atoms with Gasteiger partial charge >= 0.3 is 0 Å². The first kappa shape index (κ1) is 14.9. The molecular weight excluding hydrogens is 311 g/mol. The first-order valence-corrected chi connectivity index (χ1v) is 7.55. The Labute approximate surface area is 121 Å². The van der Waals surface area contributed by atoms with Crippen molar-refractivity contribution in [3.63, 3.8) is 0 Å². The van der Waals surface area contributed by atoms with Crippen LogP contribution >= 0.6 is 15.9 Å². The molecule has 0 bridgehead atoms. The maximum Gasteiger partial charge on any atom is 0.137 e. The highest BCUT2D eigenvalue weighted by Gasteiger charge is 2.38. The summed E-state index contributed by atoms with van der Waals surface area (Å²) in [4.78, 5) is 0. The van der Waals surface area contributed by atoms with Gasteiger partial charge in [0.2, 0.25) is 0 Å². The summed E-state index contributed by atoms with van der Waals surface area (Å²) in [6, 6.07) is 4.76. The van der Waals surface area contributed by atoms with Gasteiger partial charge < -0.3 is 10.2 Å². The number of aliphatic hydroxyl groups excluding tert-OH is 1. The molecule has 2 nitrogen and oxygen atoms in total. The van der Waals surface area contributed by atoms with E-state index in [-0.39, 0.29) is 12.2 Å². The van der Waals surface area contributed by atoms with E-state index in [4.69, 9.17) is 0 Å². The van der Waals surface area contributed by atoms with Crippen LogP contribution in [0.25, 0.3) is 0 Å².